The van der Waals surface area contributed by atoms with E-state index in [1.165, 1.54) is 46.9 Å². The summed E-state index contributed by atoms with van der Waals surface area (Å²) in [5.41, 5.74) is 3.64. The second-order valence-electron chi connectivity index (χ2n) is 10.6. The maximum atomic E-state index is 13.7. The van der Waals surface area contributed by atoms with Crippen molar-refractivity contribution in [2.45, 2.75) is 29.4 Å². The van der Waals surface area contributed by atoms with Crippen molar-refractivity contribution in [3.05, 3.63) is 153 Å². The fraction of sp³-hybridized carbons (Fsp3) is 0.118. The second kappa shape index (κ2) is 16.1. The summed E-state index contributed by atoms with van der Waals surface area (Å²) >= 11 is 18.2. The summed E-state index contributed by atoms with van der Waals surface area (Å²) in [5.74, 6) is -0.180. The van der Waals surface area contributed by atoms with Crippen LogP contribution < -0.4 is 5.43 Å². The monoisotopic (exact) mass is 758 g/mol. The minimum absolute atomic E-state index is 0.0311. The number of nitrogens with zero attached hydrogens (tertiary/aromatic N) is 3. The van der Waals surface area contributed by atoms with Crippen molar-refractivity contribution in [3.8, 4) is 0 Å². The molecule has 1 amide bonds. The van der Waals surface area contributed by atoms with Crippen LogP contribution in [-0.2, 0) is 44.5 Å². The van der Waals surface area contributed by atoms with Crippen molar-refractivity contribution in [1.82, 2.24) is 14.0 Å². The molecule has 49 heavy (non-hydrogen) atoms. The first-order valence-corrected chi connectivity index (χ1v) is 18.6. The van der Waals surface area contributed by atoms with E-state index in [0.29, 0.717) is 21.2 Å². The van der Waals surface area contributed by atoms with Crippen molar-refractivity contribution in [2.24, 2.45) is 5.10 Å². The molecule has 1 N–H and O–H groups in total. The zero-order valence-corrected chi connectivity index (χ0v) is 29.5. The van der Waals surface area contributed by atoms with Gasteiger partial charge in [-0.05, 0) is 71.8 Å². The Labute approximate surface area is 299 Å². The van der Waals surface area contributed by atoms with Crippen LogP contribution in [0.2, 0.25) is 15.1 Å². The van der Waals surface area contributed by atoms with Gasteiger partial charge < -0.3 is 4.42 Å². The van der Waals surface area contributed by atoms with Crippen LogP contribution in [0.1, 0.15) is 22.6 Å². The number of carbonyl (C=O) groups excluding carboxylic acids is 1. The van der Waals surface area contributed by atoms with Gasteiger partial charge in [-0.25, -0.2) is 22.3 Å². The first-order valence-electron chi connectivity index (χ1n) is 14.6. The third kappa shape index (κ3) is 9.58. The van der Waals surface area contributed by atoms with Gasteiger partial charge in [0.1, 0.15) is 11.5 Å². The highest BCUT2D eigenvalue weighted by atomic mass is 35.5. The fourth-order valence-corrected chi connectivity index (χ4v) is 7.91. The van der Waals surface area contributed by atoms with Gasteiger partial charge in [-0.2, -0.15) is 13.7 Å². The fourth-order valence-electron chi connectivity index (χ4n) is 4.66. The van der Waals surface area contributed by atoms with Crippen LogP contribution in [0.15, 0.2) is 135 Å². The molecule has 0 saturated carbocycles. The summed E-state index contributed by atoms with van der Waals surface area (Å²) in [4.78, 5) is 13.0. The van der Waals surface area contributed by atoms with E-state index >= 15 is 0 Å². The van der Waals surface area contributed by atoms with E-state index < -0.39 is 32.5 Å². The number of rotatable bonds is 14. The maximum Gasteiger partial charge on any atom is 0.255 e. The molecule has 0 bridgehead atoms. The van der Waals surface area contributed by atoms with Gasteiger partial charge >= 0.3 is 0 Å². The Balaban J connectivity index is 1.29. The van der Waals surface area contributed by atoms with Gasteiger partial charge in [0, 0.05) is 18.1 Å². The second-order valence-corrected chi connectivity index (χ2v) is 15.8. The van der Waals surface area contributed by atoms with Crippen LogP contribution in [0.5, 0.6) is 0 Å². The number of furan rings is 1. The molecule has 0 atom stereocenters. The van der Waals surface area contributed by atoms with Gasteiger partial charge in [0.15, 0.2) is 0 Å². The maximum absolute atomic E-state index is 13.7. The van der Waals surface area contributed by atoms with Crippen molar-refractivity contribution in [3.63, 3.8) is 0 Å². The minimum atomic E-state index is -4.03. The molecule has 0 saturated heterocycles. The van der Waals surface area contributed by atoms with Gasteiger partial charge in [0.05, 0.1) is 39.1 Å². The molecule has 10 nitrogen and oxygen atoms in total. The molecule has 5 rings (SSSR count). The van der Waals surface area contributed by atoms with E-state index in [1.807, 2.05) is 6.07 Å². The molecule has 5 aromatic rings. The Morgan fingerprint density at radius 1 is 0.673 bits per heavy atom. The van der Waals surface area contributed by atoms with E-state index in [-0.39, 0.29) is 46.0 Å². The molecule has 4 aromatic carbocycles. The molecule has 1 aromatic heterocycles. The normalized spacial score (nSPS) is 12.2. The summed E-state index contributed by atoms with van der Waals surface area (Å²) < 4.78 is 62.3. The van der Waals surface area contributed by atoms with Crippen LogP contribution in [0.4, 0.5) is 0 Å². The number of halogens is 3. The Hall–Kier alpha value is -4.01. The Morgan fingerprint density at radius 3 is 1.96 bits per heavy atom. The van der Waals surface area contributed by atoms with E-state index in [4.69, 9.17) is 39.2 Å². The van der Waals surface area contributed by atoms with Crippen molar-refractivity contribution >= 4 is 67.0 Å². The summed E-state index contributed by atoms with van der Waals surface area (Å²) in [6, 6.07) is 30.5. The zero-order valence-electron chi connectivity index (χ0n) is 25.6. The Morgan fingerprint density at radius 2 is 1.29 bits per heavy atom. The number of nitrogens with one attached hydrogen (secondary N) is 1. The third-order valence-corrected chi connectivity index (χ3v) is 11.7. The number of sulfonamides is 2. The smallest absolute Gasteiger partial charge is 0.255 e. The van der Waals surface area contributed by atoms with Gasteiger partial charge in [-0.15, -0.1) is 0 Å². The summed E-state index contributed by atoms with van der Waals surface area (Å²) in [7, 11) is -8.04. The average molecular weight is 760 g/mol. The Kier molecular flexibility index (Phi) is 11.9. The molecule has 15 heteroatoms. The lowest BCUT2D eigenvalue weighted by atomic mass is 10.2. The Bertz CT molecular complexity index is 2150. The van der Waals surface area contributed by atoms with Crippen LogP contribution in [0.3, 0.4) is 0 Å². The van der Waals surface area contributed by atoms with Crippen molar-refractivity contribution in [2.75, 3.05) is 6.54 Å². The van der Waals surface area contributed by atoms with Crippen molar-refractivity contribution < 1.29 is 26.0 Å². The molecule has 0 aliphatic rings. The summed E-state index contributed by atoms with van der Waals surface area (Å²) in [6.07, 6.45) is 1.23. The van der Waals surface area contributed by atoms with Gasteiger partial charge in [-0.1, -0.05) is 89.4 Å². The lowest BCUT2D eigenvalue weighted by Crippen LogP contribution is -2.39. The molecule has 0 spiro atoms. The first kappa shape index (κ1) is 36.3. The zero-order chi connectivity index (χ0) is 35.0. The molecule has 0 unspecified atom stereocenters. The highest BCUT2D eigenvalue weighted by Crippen LogP contribution is 2.27. The number of carbonyl (C=O) groups is 1. The SMILES string of the molecule is O=C(CN(Cc1ccccc1)S(=O)(=O)c1ccccc1)N/N=C\c1ccc(CN(Cc2ccc(Cl)c(Cl)c2)S(=O)(=O)c2ccc(Cl)cc2)o1. The summed E-state index contributed by atoms with van der Waals surface area (Å²) in [5, 5.41) is 4.93. The van der Waals surface area contributed by atoms with E-state index in [1.54, 1.807) is 72.8 Å². The van der Waals surface area contributed by atoms with Crippen molar-refractivity contribution in [1.29, 1.82) is 0 Å². The molecule has 0 aliphatic heterocycles. The molecule has 1 heterocycles. The molecule has 0 radical (unpaired) electrons. The molecule has 254 valence electrons. The first-order chi connectivity index (χ1) is 23.4. The van der Waals surface area contributed by atoms with Crippen LogP contribution in [0.25, 0.3) is 0 Å². The highest BCUT2D eigenvalue weighted by molar-refractivity contribution is 7.89. The largest absolute Gasteiger partial charge is 0.459 e. The molecular formula is C34H29Cl3N4O6S2. The van der Waals surface area contributed by atoms with E-state index in [9.17, 15) is 21.6 Å². The molecule has 0 aliphatic carbocycles. The lowest BCUT2D eigenvalue weighted by Gasteiger charge is -2.22. The number of hydrogen-bond acceptors (Lipinski definition) is 7. The third-order valence-electron chi connectivity index (χ3n) is 7.09. The number of hydrogen-bond donors (Lipinski definition) is 1. The quantitative estimate of drug-likeness (QED) is 0.0962. The molecule has 0 fully saturated rings. The average Bonchev–Trinajstić information content (AvgIpc) is 3.54. The van der Waals surface area contributed by atoms with E-state index in [2.05, 4.69) is 10.5 Å². The van der Waals surface area contributed by atoms with Crippen LogP contribution in [0, 0.1) is 0 Å². The van der Waals surface area contributed by atoms with E-state index in [0.717, 1.165) is 4.31 Å². The predicted molar refractivity (Wildman–Crippen MR) is 189 cm³/mol. The number of benzene rings is 4. The summed E-state index contributed by atoms with van der Waals surface area (Å²) in [6.45, 7) is -0.738. The van der Waals surface area contributed by atoms with Gasteiger partial charge in [0.2, 0.25) is 20.0 Å². The lowest BCUT2D eigenvalue weighted by molar-refractivity contribution is -0.121. The van der Waals surface area contributed by atoms with Crippen LogP contribution >= 0.6 is 34.8 Å². The topological polar surface area (TPSA) is 129 Å². The predicted octanol–water partition coefficient (Wildman–Crippen LogP) is 6.97. The van der Waals surface area contributed by atoms with Crippen LogP contribution in [-0.4, -0.2) is 44.1 Å². The number of amides is 1. The standard InChI is InChI=1S/C34H29Cl3N4O6S2/c35-27-12-16-31(17-13-27)49(45,46)40(22-26-11-18-32(36)33(37)19-26)23-29-15-14-28(47-29)20-38-39-34(42)24-41(21-25-7-3-1-4-8-25)48(43,44)30-9-5-2-6-10-30/h1-20H,21-24H2,(H,39,42)/b38-20-. The highest BCUT2D eigenvalue weighted by Gasteiger charge is 2.28. The minimum Gasteiger partial charge on any atom is -0.459 e. The van der Waals surface area contributed by atoms with Gasteiger partial charge in [-0.3, -0.25) is 4.79 Å². The number of hydrazone groups is 1. The van der Waals surface area contributed by atoms with Gasteiger partial charge in [0.25, 0.3) is 5.91 Å². The molecular weight excluding hydrogens is 731 g/mol.